The third kappa shape index (κ3) is 5.88. The van der Waals surface area contributed by atoms with Crippen LogP contribution in [0, 0.1) is 0 Å². The van der Waals surface area contributed by atoms with Gasteiger partial charge >= 0.3 is 0 Å². The molecule has 0 atom stereocenters. The number of allylic oxidation sites excluding steroid dienone is 1. The van der Waals surface area contributed by atoms with Gasteiger partial charge in [0.15, 0.2) is 0 Å². The zero-order chi connectivity index (χ0) is 15.2. The summed E-state index contributed by atoms with van der Waals surface area (Å²) in [5.74, 6) is 0. The molecule has 0 aromatic heterocycles. The first-order chi connectivity index (χ1) is 9.92. The highest BCUT2D eigenvalue weighted by Crippen LogP contribution is 2.23. The molecule has 0 unspecified atom stereocenters. The molecular weight excluding hydrogens is 240 g/mol. The molecule has 0 bridgehead atoms. The molecule has 0 nitrogen and oxygen atoms in total. The van der Waals surface area contributed by atoms with Gasteiger partial charge in [-0.1, -0.05) is 101 Å². The van der Waals surface area contributed by atoms with Crippen molar-refractivity contribution in [3.8, 4) is 0 Å². The van der Waals surface area contributed by atoms with E-state index in [9.17, 15) is 0 Å². The van der Waals surface area contributed by atoms with Crippen LogP contribution in [-0.4, -0.2) is 0 Å². The van der Waals surface area contributed by atoms with Crippen LogP contribution < -0.4 is 0 Å². The average molecular weight is 268 g/mol. The van der Waals surface area contributed by atoms with Gasteiger partial charge in [-0.15, -0.1) is 0 Å². The Balaban J connectivity index is 0.000000829. The highest BCUT2D eigenvalue weighted by Gasteiger charge is 2.02. The number of hydrogen-bond acceptors (Lipinski definition) is 0. The molecule has 108 valence electrons. The maximum Gasteiger partial charge on any atom is -0.0151 e. The van der Waals surface area contributed by atoms with E-state index >= 15 is 0 Å². The summed E-state index contributed by atoms with van der Waals surface area (Å²) in [5, 5.41) is 0. The molecule has 2 aromatic rings. The van der Waals surface area contributed by atoms with Crippen LogP contribution in [0.1, 0.15) is 52.2 Å². The molecule has 0 heteroatoms. The fourth-order valence-corrected chi connectivity index (χ4v) is 1.84. The van der Waals surface area contributed by atoms with Gasteiger partial charge in [0.2, 0.25) is 0 Å². The second kappa shape index (κ2) is 12.2. The highest BCUT2D eigenvalue weighted by molar-refractivity contribution is 5.79. The van der Waals surface area contributed by atoms with E-state index in [0.29, 0.717) is 0 Å². The number of hydrogen-bond donors (Lipinski definition) is 0. The van der Waals surface area contributed by atoms with E-state index in [0.717, 1.165) is 6.42 Å². The topological polar surface area (TPSA) is 0 Å². The summed E-state index contributed by atoms with van der Waals surface area (Å²) >= 11 is 0. The molecule has 0 radical (unpaired) electrons. The maximum absolute atomic E-state index is 2.28. The number of rotatable bonds is 3. The van der Waals surface area contributed by atoms with Crippen LogP contribution in [0.4, 0.5) is 0 Å². The molecule has 0 saturated carbocycles. The van der Waals surface area contributed by atoms with Crippen molar-refractivity contribution in [1.29, 1.82) is 0 Å². The van der Waals surface area contributed by atoms with Crippen molar-refractivity contribution in [2.24, 2.45) is 0 Å². The van der Waals surface area contributed by atoms with E-state index in [1.54, 1.807) is 0 Å². The smallest absolute Gasteiger partial charge is 0.0151 e. The standard InChI is InChI=1S/C16H16.2C2H6/c1-2-9-16(14-10-5-3-6-11-14)15-12-7-4-8-13-15;2*1-2/h3-13H,2H2,1H3;2*1-2H3. The summed E-state index contributed by atoms with van der Waals surface area (Å²) in [6, 6.07) is 21.1. The minimum absolute atomic E-state index is 1.05. The summed E-state index contributed by atoms with van der Waals surface area (Å²) in [6.45, 7) is 10.2. The molecule has 20 heavy (non-hydrogen) atoms. The Bertz CT molecular complexity index is 410. The third-order valence-electron chi connectivity index (χ3n) is 2.58. The Morgan fingerprint density at radius 3 is 1.35 bits per heavy atom. The summed E-state index contributed by atoms with van der Waals surface area (Å²) in [6.07, 6.45) is 3.34. The molecule has 0 N–H and O–H groups in total. The summed E-state index contributed by atoms with van der Waals surface area (Å²) in [4.78, 5) is 0. The molecule has 0 aliphatic rings. The normalized spacial score (nSPS) is 8.45. The van der Waals surface area contributed by atoms with Gasteiger partial charge in [0.1, 0.15) is 0 Å². The summed E-state index contributed by atoms with van der Waals surface area (Å²) < 4.78 is 0. The molecule has 0 saturated heterocycles. The minimum Gasteiger partial charge on any atom is -0.0763 e. The maximum atomic E-state index is 2.28. The highest BCUT2D eigenvalue weighted by atomic mass is 14.1. The summed E-state index contributed by atoms with van der Waals surface area (Å²) in [7, 11) is 0. The van der Waals surface area contributed by atoms with E-state index in [-0.39, 0.29) is 0 Å². The zero-order valence-corrected chi connectivity index (χ0v) is 13.6. The lowest BCUT2D eigenvalue weighted by molar-refractivity contribution is 1.22. The van der Waals surface area contributed by atoms with Crippen molar-refractivity contribution in [2.75, 3.05) is 0 Å². The van der Waals surface area contributed by atoms with Crippen molar-refractivity contribution in [2.45, 2.75) is 41.0 Å². The predicted octanol–water partition coefficient (Wildman–Crippen LogP) is 6.58. The van der Waals surface area contributed by atoms with E-state index in [4.69, 9.17) is 0 Å². The zero-order valence-electron chi connectivity index (χ0n) is 13.6. The van der Waals surface area contributed by atoms with Crippen molar-refractivity contribution >= 4 is 5.57 Å². The van der Waals surface area contributed by atoms with Gasteiger partial charge in [-0.2, -0.15) is 0 Å². The third-order valence-corrected chi connectivity index (χ3v) is 2.58. The van der Waals surface area contributed by atoms with E-state index in [1.807, 2.05) is 27.7 Å². The number of benzene rings is 2. The van der Waals surface area contributed by atoms with Crippen LogP contribution in [-0.2, 0) is 0 Å². The summed E-state index contributed by atoms with van der Waals surface area (Å²) in [5.41, 5.74) is 3.90. The monoisotopic (exact) mass is 268 g/mol. The lowest BCUT2D eigenvalue weighted by Crippen LogP contribution is -1.87. The van der Waals surface area contributed by atoms with E-state index in [2.05, 4.69) is 73.7 Å². The Morgan fingerprint density at radius 2 is 1.05 bits per heavy atom. The molecule has 0 fully saturated rings. The Labute approximate surface area is 125 Å². The van der Waals surface area contributed by atoms with Crippen molar-refractivity contribution in [1.82, 2.24) is 0 Å². The fraction of sp³-hybridized carbons (Fsp3) is 0.300. The van der Waals surface area contributed by atoms with Gasteiger partial charge in [-0.25, -0.2) is 0 Å². The fourth-order valence-electron chi connectivity index (χ4n) is 1.84. The molecule has 0 aliphatic heterocycles. The second-order valence-corrected chi connectivity index (χ2v) is 3.76. The predicted molar refractivity (Wildman–Crippen MR) is 93.0 cm³/mol. The quantitative estimate of drug-likeness (QED) is 0.589. The van der Waals surface area contributed by atoms with Crippen LogP contribution in [0.15, 0.2) is 66.7 Å². The minimum atomic E-state index is 1.05. The first-order valence-corrected chi connectivity index (χ1v) is 7.73. The first kappa shape index (κ1) is 18.2. The van der Waals surface area contributed by atoms with Crippen LogP contribution in [0.3, 0.4) is 0 Å². The Kier molecular flexibility index (Phi) is 11.1. The lowest BCUT2D eigenvalue weighted by Gasteiger charge is -2.07. The first-order valence-electron chi connectivity index (χ1n) is 7.73. The van der Waals surface area contributed by atoms with Crippen LogP contribution in [0.2, 0.25) is 0 Å². The van der Waals surface area contributed by atoms with Crippen LogP contribution in [0.25, 0.3) is 5.57 Å². The van der Waals surface area contributed by atoms with Crippen LogP contribution in [0.5, 0.6) is 0 Å². The van der Waals surface area contributed by atoms with Crippen molar-refractivity contribution in [3.63, 3.8) is 0 Å². The van der Waals surface area contributed by atoms with Crippen molar-refractivity contribution < 1.29 is 0 Å². The van der Waals surface area contributed by atoms with E-state index in [1.165, 1.54) is 16.7 Å². The van der Waals surface area contributed by atoms with Gasteiger partial charge in [0.05, 0.1) is 0 Å². The van der Waals surface area contributed by atoms with Crippen molar-refractivity contribution in [3.05, 3.63) is 77.9 Å². The Morgan fingerprint density at radius 1 is 0.700 bits per heavy atom. The molecule has 2 aromatic carbocycles. The van der Waals surface area contributed by atoms with Gasteiger partial charge in [0, 0.05) is 0 Å². The van der Waals surface area contributed by atoms with Gasteiger partial charge in [-0.3, -0.25) is 0 Å². The second-order valence-electron chi connectivity index (χ2n) is 3.76. The lowest BCUT2D eigenvalue weighted by atomic mass is 9.97. The molecule has 0 spiro atoms. The van der Waals surface area contributed by atoms with Gasteiger partial charge < -0.3 is 0 Å². The van der Waals surface area contributed by atoms with E-state index < -0.39 is 0 Å². The molecule has 2 rings (SSSR count). The van der Waals surface area contributed by atoms with Gasteiger partial charge in [-0.05, 0) is 23.1 Å². The Hall–Kier alpha value is -1.82. The molecule has 0 heterocycles. The van der Waals surface area contributed by atoms with Gasteiger partial charge in [0.25, 0.3) is 0 Å². The largest absolute Gasteiger partial charge is 0.0763 e. The van der Waals surface area contributed by atoms with Crippen LogP contribution >= 0.6 is 0 Å². The molecule has 0 amide bonds. The molecular formula is C20H28. The molecule has 0 aliphatic carbocycles. The average Bonchev–Trinajstić information content (AvgIpc) is 2.58. The SMILES string of the molecule is CC.CC.CCC=C(c1ccccc1)c1ccccc1.